The lowest BCUT2D eigenvalue weighted by Crippen LogP contribution is -2.37. The summed E-state index contributed by atoms with van der Waals surface area (Å²) in [5.41, 5.74) is 0. The van der Waals surface area contributed by atoms with Crippen molar-refractivity contribution in [2.45, 2.75) is 40.2 Å². The Bertz CT molecular complexity index is 416. The van der Waals surface area contributed by atoms with E-state index < -0.39 is 0 Å². The second-order valence-electron chi connectivity index (χ2n) is 4.71. The molecule has 0 radical (unpaired) electrons. The first-order valence-electron chi connectivity index (χ1n) is 7.54. The number of ether oxygens (including phenoxy) is 2. The number of rotatable bonds is 10. The Balaban J connectivity index is 3.03. The quantitative estimate of drug-likeness (QED) is 0.707. The number of anilines is 2. The average molecular weight is 297 g/mol. The number of methoxy groups -OCH3 is 1. The van der Waals surface area contributed by atoms with Gasteiger partial charge in [0, 0.05) is 20.2 Å². The maximum absolute atomic E-state index is 5.56. The van der Waals surface area contributed by atoms with Gasteiger partial charge < -0.3 is 19.7 Å². The zero-order chi connectivity index (χ0) is 15.7. The monoisotopic (exact) mass is 297 g/mol. The lowest BCUT2D eigenvalue weighted by molar-refractivity contribution is 0.181. The van der Waals surface area contributed by atoms with Gasteiger partial charge in [0.05, 0.1) is 19.3 Å². The van der Waals surface area contributed by atoms with Gasteiger partial charge in [-0.2, -0.15) is 15.0 Å². The third kappa shape index (κ3) is 5.34. The first kappa shape index (κ1) is 17.4. The molecule has 0 fully saturated rings. The van der Waals surface area contributed by atoms with E-state index in [1.165, 1.54) is 0 Å². The minimum absolute atomic E-state index is 0.177. The smallest absolute Gasteiger partial charge is 0.323 e. The molecule has 1 N–H and O–H groups in total. The van der Waals surface area contributed by atoms with Gasteiger partial charge in [-0.1, -0.05) is 6.92 Å². The molecule has 7 heteroatoms. The van der Waals surface area contributed by atoms with Crippen LogP contribution < -0.4 is 15.0 Å². The number of hydrogen-bond acceptors (Lipinski definition) is 7. The Hall–Kier alpha value is -1.63. The molecule has 120 valence electrons. The summed E-state index contributed by atoms with van der Waals surface area (Å²) in [6, 6.07) is 0.539. The van der Waals surface area contributed by atoms with Gasteiger partial charge in [-0.3, -0.25) is 0 Å². The van der Waals surface area contributed by atoms with E-state index in [0.29, 0.717) is 31.1 Å². The fourth-order valence-corrected chi connectivity index (χ4v) is 1.95. The molecule has 0 saturated heterocycles. The standard InChI is InChI=1S/C14H27N5O2/c1-6-9-21-14-17-12(15-7-2)16-13(18-14)19(8-3)11(4)10-20-5/h11H,6-10H2,1-5H3,(H,15,16,17,18). The molecule has 1 atom stereocenters. The van der Waals surface area contributed by atoms with E-state index in [4.69, 9.17) is 9.47 Å². The second kappa shape index (κ2) is 9.33. The molecule has 0 amide bonds. The second-order valence-corrected chi connectivity index (χ2v) is 4.71. The summed E-state index contributed by atoms with van der Waals surface area (Å²) in [6.45, 7) is 10.9. The molecule has 7 nitrogen and oxygen atoms in total. The highest BCUT2D eigenvalue weighted by atomic mass is 16.5. The normalized spacial score (nSPS) is 12.0. The van der Waals surface area contributed by atoms with Crippen LogP contribution in [0.2, 0.25) is 0 Å². The fraction of sp³-hybridized carbons (Fsp3) is 0.786. The van der Waals surface area contributed by atoms with Gasteiger partial charge in [-0.05, 0) is 27.2 Å². The van der Waals surface area contributed by atoms with Crippen LogP contribution in [0.5, 0.6) is 6.01 Å². The largest absolute Gasteiger partial charge is 0.463 e. The molecule has 0 aliphatic carbocycles. The summed E-state index contributed by atoms with van der Waals surface area (Å²) in [5.74, 6) is 1.15. The summed E-state index contributed by atoms with van der Waals surface area (Å²) in [4.78, 5) is 15.2. The van der Waals surface area contributed by atoms with E-state index in [-0.39, 0.29) is 6.04 Å². The molecule has 0 saturated carbocycles. The van der Waals surface area contributed by atoms with E-state index in [9.17, 15) is 0 Å². The molecule has 0 aliphatic heterocycles. The first-order chi connectivity index (χ1) is 10.2. The Morgan fingerprint density at radius 1 is 1.19 bits per heavy atom. The minimum atomic E-state index is 0.177. The predicted octanol–water partition coefficient (Wildman–Crippen LogP) is 1.95. The van der Waals surface area contributed by atoms with Crippen LogP contribution in [0.25, 0.3) is 0 Å². The third-order valence-corrected chi connectivity index (χ3v) is 2.91. The summed E-state index contributed by atoms with van der Waals surface area (Å²) < 4.78 is 10.8. The maximum atomic E-state index is 5.56. The summed E-state index contributed by atoms with van der Waals surface area (Å²) in [7, 11) is 1.69. The summed E-state index contributed by atoms with van der Waals surface area (Å²) in [5, 5.41) is 3.11. The van der Waals surface area contributed by atoms with Gasteiger partial charge in [0.25, 0.3) is 0 Å². The molecule has 1 rings (SSSR count). The Morgan fingerprint density at radius 2 is 1.95 bits per heavy atom. The van der Waals surface area contributed by atoms with Gasteiger partial charge in [0.15, 0.2) is 0 Å². The molecular formula is C14H27N5O2. The predicted molar refractivity (Wildman–Crippen MR) is 84.1 cm³/mol. The van der Waals surface area contributed by atoms with E-state index in [1.54, 1.807) is 7.11 Å². The fourth-order valence-electron chi connectivity index (χ4n) is 1.95. The number of likely N-dealkylation sites (N-methyl/N-ethyl adjacent to an activating group) is 1. The van der Waals surface area contributed by atoms with Crippen LogP contribution in [0.15, 0.2) is 0 Å². The zero-order valence-electron chi connectivity index (χ0n) is 13.7. The molecule has 0 spiro atoms. The van der Waals surface area contributed by atoms with Crippen molar-refractivity contribution in [2.24, 2.45) is 0 Å². The van der Waals surface area contributed by atoms with Crippen molar-refractivity contribution in [1.82, 2.24) is 15.0 Å². The number of nitrogens with one attached hydrogen (secondary N) is 1. The maximum Gasteiger partial charge on any atom is 0.323 e. The first-order valence-corrected chi connectivity index (χ1v) is 7.54. The Morgan fingerprint density at radius 3 is 2.52 bits per heavy atom. The summed E-state index contributed by atoms with van der Waals surface area (Å²) in [6.07, 6.45) is 0.912. The van der Waals surface area contributed by atoms with Crippen molar-refractivity contribution in [3.63, 3.8) is 0 Å². The highest BCUT2D eigenvalue weighted by Crippen LogP contribution is 2.17. The van der Waals surface area contributed by atoms with Gasteiger partial charge >= 0.3 is 6.01 Å². The molecule has 0 aromatic carbocycles. The van der Waals surface area contributed by atoms with Crippen LogP contribution in [-0.2, 0) is 4.74 Å². The number of hydrogen-bond donors (Lipinski definition) is 1. The molecule has 1 aromatic heterocycles. The van der Waals surface area contributed by atoms with Crippen molar-refractivity contribution in [2.75, 3.05) is 43.6 Å². The highest BCUT2D eigenvalue weighted by Gasteiger charge is 2.18. The van der Waals surface area contributed by atoms with Crippen LogP contribution in [0.4, 0.5) is 11.9 Å². The van der Waals surface area contributed by atoms with Gasteiger partial charge in [-0.25, -0.2) is 0 Å². The minimum Gasteiger partial charge on any atom is -0.463 e. The molecule has 1 aromatic rings. The van der Waals surface area contributed by atoms with Crippen LogP contribution in [0, 0.1) is 0 Å². The zero-order valence-corrected chi connectivity index (χ0v) is 13.7. The molecule has 0 aliphatic rings. The molecular weight excluding hydrogens is 270 g/mol. The number of nitrogens with zero attached hydrogens (tertiary/aromatic N) is 4. The van der Waals surface area contributed by atoms with Crippen LogP contribution in [0.3, 0.4) is 0 Å². The lowest BCUT2D eigenvalue weighted by Gasteiger charge is -2.27. The molecule has 1 unspecified atom stereocenters. The molecule has 21 heavy (non-hydrogen) atoms. The van der Waals surface area contributed by atoms with E-state index >= 15 is 0 Å². The SMILES string of the molecule is CCCOc1nc(NCC)nc(N(CC)C(C)COC)n1. The van der Waals surface area contributed by atoms with Gasteiger partial charge in [0.1, 0.15) is 0 Å². The summed E-state index contributed by atoms with van der Waals surface area (Å²) >= 11 is 0. The van der Waals surface area contributed by atoms with Crippen LogP contribution >= 0.6 is 0 Å². The lowest BCUT2D eigenvalue weighted by atomic mass is 10.3. The van der Waals surface area contributed by atoms with E-state index in [0.717, 1.165) is 19.5 Å². The van der Waals surface area contributed by atoms with Gasteiger partial charge in [0.2, 0.25) is 11.9 Å². The molecule has 0 bridgehead atoms. The van der Waals surface area contributed by atoms with E-state index in [1.807, 2.05) is 13.8 Å². The van der Waals surface area contributed by atoms with Gasteiger partial charge in [-0.15, -0.1) is 0 Å². The third-order valence-electron chi connectivity index (χ3n) is 2.91. The van der Waals surface area contributed by atoms with Crippen molar-refractivity contribution >= 4 is 11.9 Å². The van der Waals surface area contributed by atoms with Crippen molar-refractivity contribution in [3.8, 4) is 6.01 Å². The van der Waals surface area contributed by atoms with Crippen molar-refractivity contribution in [3.05, 3.63) is 0 Å². The topological polar surface area (TPSA) is 72.4 Å². The average Bonchev–Trinajstić information content (AvgIpc) is 2.46. The van der Waals surface area contributed by atoms with Crippen LogP contribution in [0.1, 0.15) is 34.1 Å². The number of aromatic nitrogens is 3. The highest BCUT2D eigenvalue weighted by molar-refractivity contribution is 5.39. The van der Waals surface area contributed by atoms with Crippen molar-refractivity contribution < 1.29 is 9.47 Å². The van der Waals surface area contributed by atoms with E-state index in [2.05, 4.69) is 39.0 Å². The Labute approximate surface area is 127 Å². The Kier molecular flexibility index (Phi) is 7.74. The molecule has 1 heterocycles. The van der Waals surface area contributed by atoms with Crippen molar-refractivity contribution in [1.29, 1.82) is 0 Å². The van der Waals surface area contributed by atoms with Crippen LogP contribution in [-0.4, -0.2) is 54.4 Å².